The van der Waals surface area contributed by atoms with E-state index in [1.54, 1.807) is 6.07 Å². The monoisotopic (exact) mass is 272 g/mol. The van der Waals surface area contributed by atoms with E-state index in [1.807, 2.05) is 6.07 Å². The van der Waals surface area contributed by atoms with E-state index in [-0.39, 0.29) is 24.1 Å². The Morgan fingerprint density at radius 1 is 1.39 bits per heavy atom. The summed E-state index contributed by atoms with van der Waals surface area (Å²) in [4.78, 5) is 11.4. The van der Waals surface area contributed by atoms with Crippen molar-refractivity contribution in [2.75, 3.05) is 13.1 Å². The maximum absolute atomic E-state index is 13.3. The molecule has 0 bridgehead atoms. The van der Waals surface area contributed by atoms with Crippen LogP contribution in [0.2, 0.25) is 0 Å². The number of rotatable bonds is 2. The molecule has 0 aliphatic carbocycles. The molecular weight excluding hydrogens is 255 g/mol. The molecule has 1 amide bonds. The molecule has 0 saturated carbocycles. The Bertz CT molecular complexity index is 419. The lowest BCUT2D eigenvalue weighted by atomic mass is 9.81. The van der Waals surface area contributed by atoms with Crippen molar-refractivity contribution in [1.29, 1.82) is 0 Å². The first-order valence-corrected chi connectivity index (χ1v) is 5.88. The van der Waals surface area contributed by atoms with Gasteiger partial charge in [0.2, 0.25) is 5.91 Å². The molecule has 1 aliphatic rings. The summed E-state index contributed by atoms with van der Waals surface area (Å²) < 4.78 is 13.3. The number of benzene rings is 1. The van der Waals surface area contributed by atoms with Crippen molar-refractivity contribution in [1.82, 2.24) is 10.6 Å². The van der Waals surface area contributed by atoms with Crippen molar-refractivity contribution in [3.05, 3.63) is 35.6 Å². The highest BCUT2D eigenvalue weighted by molar-refractivity contribution is 5.85. The average Bonchev–Trinajstić information content (AvgIpc) is 2.29. The fourth-order valence-corrected chi connectivity index (χ4v) is 2.46. The molecule has 0 spiro atoms. The van der Waals surface area contributed by atoms with Crippen LogP contribution < -0.4 is 10.6 Å². The minimum Gasteiger partial charge on any atom is -0.347 e. The highest BCUT2D eigenvalue weighted by Crippen LogP contribution is 2.30. The third-order valence-electron chi connectivity index (χ3n) is 3.25. The molecule has 5 heteroatoms. The number of amides is 1. The van der Waals surface area contributed by atoms with Gasteiger partial charge >= 0.3 is 0 Å². The van der Waals surface area contributed by atoms with Crippen LogP contribution in [0.1, 0.15) is 25.3 Å². The third-order valence-corrected chi connectivity index (χ3v) is 3.25. The minimum atomic E-state index is -0.417. The summed E-state index contributed by atoms with van der Waals surface area (Å²) in [5.41, 5.74) is 0.438. The van der Waals surface area contributed by atoms with Gasteiger partial charge in [0.25, 0.3) is 0 Å². The van der Waals surface area contributed by atoms with Gasteiger partial charge in [0.05, 0.1) is 5.54 Å². The fraction of sp³-hybridized carbons (Fsp3) is 0.462. The van der Waals surface area contributed by atoms with E-state index in [2.05, 4.69) is 10.6 Å². The summed E-state index contributed by atoms with van der Waals surface area (Å²) in [6, 6.07) is 6.51. The van der Waals surface area contributed by atoms with Crippen molar-refractivity contribution in [2.45, 2.75) is 25.3 Å². The Kier molecular flexibility index (Phi) is 5.11. The van der Waals surface area contributed by atoms with Crippen molar-refractivity contribution >= 4 is 18.3 Å². The van der Waals surface area contributed by atoms with Crippen LogP contribution in [-0.2, 0) is 10.3 Å². The Balaban J connectivity index is 0.00000162. The molecule has 3 nitrogen and oxygen atoms in total. The first-order chi connectivity index (χ1) is 8.12. The Hall–Kier alpha value is -1.13. The zero-order valence-electron chi connectivity index (χ0n) is 10.3. The van der Waals surface area contributed by atoms with Crippen LogP contribution in [0, 0.1) is 5.82 Å². The molecule has 2 rings (SSSR count). The molecule has 2 N–H and O–H groups in total. The van der Waals surface area contributed by atoms with Crippen LogP contribution in [0.3, 0.4) is 0 Å². The Morgan fingerprint density at radius 3 is 2.61 bits per heavy atom. The van der Waals surface area contributed by atoms with Gasteiger partial charge in [0.1, 0.15) is 5.82 Å². The maximum Gasteiger partial charge on any atom is 0.217 e. The molecule has 0 unspecified atom stereocenters. The van der Waals surface area contributed by atoms with E-state index in [0.29, 0.717) is 0 Å². The maximum atomic E-state index is 13.3. The molecule has 1 heterocycles. The molecule has 0 radical (unpaired) electrons. The second-order valence-electron chi connectivity index (χ2n) is 4.52. The van der Waals surface area contributed by atoms with E-state index < -0.39 is 5.54 Å². The number of halogens is 2. The largest absolute Gasteiger partial charge is 0.347 e. The smallest absolute Gasteiger partial charge is 0.217 e. The van der Waals surface area contributed by atoms with Crippen molar-refractivity contribution < 1.29 is 9.18 Å². The lowest BCUT2D eigenvalue weighted by Gasteiger charge is -2.38. The Labute approximate surface area is 113 Å². The van der Waals surface area contributed by atoms with Crippen LogP contribution >= 0.6 is 12.4 Å². The lowest BCUT2D eigenvalue weighted by molar-refractivity contribution is -0.121. The molecule has 100 valence electrons. The van der Waals surface area contributed by atoms with Crippen LogP contribution in [0.25, 0.3) is 0 Å². The topological polar surface area (TPSA) is 41.1 Å². The van der Waals surface area contributed by atoms with Crippen molar-refractivity contribution in [2.24, 2.45) is 0 Å². The summed E-state index contributed by atoms with van der Waals surface area (Å²) in [6.45, 7) is 3.16. The van der Waals surface area contributed by atoms with Crippen LogP contribution in [0.5, 0.6) is 0 Å². The number of carbonyl (C=O) groups excluding carboxylic acids is 1. The zero-order valence-corrected chi connectivity index (χ0v) is 11.1. The van der Waals surface area contributed by atoms with Crippen LogP contribution in [0.15, 0.2) is 24.3 Å². The number of hydrogen-bond acceptors (Lipinski definition) is 2. The SMILES string of the molecule is CC(=O)NC1(c2cccc(F)c2)CCNCC1.Cl. The van der Waals surface area contributed by atoms with Crippen LogP contribution in [-0.4, -0.2) is 19.0 Å². The van der Waals surface area contributed by atoms with Gasteiger partial charge < -0.3 is 10.6 Å². The van der Waals surface area contributed by atoms with Gasteiger partial charge in [-0.05, 0) is 43.6 Å². The second kappa shape index (κ2) is 6.16. The highest BCUT2D eigenvalue weighted by atomic mass is 35.5. The predicted octanol–water partition coefficient (Wildman–Crippen LogP) is 1.96. The van der Waals surface area contributed by atoms with Gasteiger partial charge in [0.15, 0.2) is 0 Å². The summed E-state index contributed by atoms with van der Waals surface area (Å²) in [6.07, 6.45) is 1.58. The summed E-state index contributed by atoms with van der Waals surface area (Å²) in [5, 5.41) is 6.25. The predicted molar refractivity (Wildman–Crippen MR) is 71.2 cm³/mol. The van der Waals surface area contributed by atoms with Gasteiger partial charge in [-0.25, -0.2) is 4.39 Å². The van der Waals surface area contributed by atoms with E-state index in [9.17, 15) is 9.18 Å². The fourth-order valence-electron chi connectivity index (χ4n) is 2.46. The van der Waals surface area contributed by atoms with Gasteiger partial charge in [0, 0.05) is 6.92 Å². The van der Waals surface area contributed by atoms with E-state index in [4.69, 9.17) is 0 Å². The second-order valence-corrected chi connectivity index (χ2v) is 4.52. The molecule has 1 saturated heterocycles. The number of nitrogens with one attached hydrogen (secondary N) is 2. The molecule has 1 fully saturated rings. The zero-order chi connectivity index (χ0) is 12.3. The van der Waals surface area contributed by atoms with E-state index in [0.717, 1.165) is 31.5 Å². The minimum absolute atomic E-state index is 0. The normalized spacial score (nSPS) is 17.7. The number of carbonyl (C=O) groups is 1. The molecular formula is C13H18ClFN2O. The molecule has 0 aromatic heterocycles. The lowest BCUT2D eigenvalue weighted by Crippen LogP contribution is -2.51. The van der Waals surface area contributed by atoms with Crippen LogP contribution in [0.4, 0.5) is 4.39 Å². The third kappa shape index (κ3) is 3.21. The average molecular weight is 273 g/mol. The molecule has 0 atom stereocenters. The summed E-state index contributed by atoms with van der Waals surface area (Å²) in [5.74, 6) is -0.332. The number of hydrogen-bond donors (Lipinski definition) is 2. The van der Waals surface area contributed by atoms with Crippen molar-refractivity contribution in [3.63, 3.8) is 0 Å². The molecule has 1 aromatic rings. The Morgan fingerprint density at radius 2 is 2.06 bits per heavy atom. The first kappa shape index (κ1) is 14.9. The van der Waals surface area contributed by atoms with E-state index >= 15 is 0 Å². The molecule has 18 heavy (non-hydrogen) atoms. The van der Waals surface area contributed by atoms with Gasteiger partial charge in [-0.2, -0.15) is 0 Å². The standard InChI is InChI=1S/C13H17FN2O.ClH/c1-10(17)16-13(5-7-15-8-6-13)11-3-2-4-12(14)9-11;/h2-4,9,15H,5-8H2,1H3,(H,16,17);1H. The summed E-state index contributed by atoms with van der Waals surface area (Å²) >= 11 is 0. The molecule has 1 aliphatic heterocycles. The number of piperidine rings is 1. The van der Waals surface area contributed by atoms with Crippen molar-refractivity contribution in [3.8, 4) is 0 Å². The highest BCUT2D eigenvalue weighted by Gasteiger charge is 2.34. The van der Waals surface area contributed by atoms with E-state index in [1.165, 1.54) is 19.1 Å². The first-order valence-electron chi connectivity index (χ1n) is 5.88. The van der Waals surface area contributed by atoms with Gasteiger partial charge in [-0.15, -0.1) is 12.4 Å². The quantitative estimate of drug-likeness (QED) is 0.864. The van der Waals surface area contributed by atoms with Gasteiger partial charge in [-0.1, -0.05) is 12.1 Å². The summed E-state index contributed by atoms with van der Waals surface area (Å²) in [7, 11) is 0. The van der Waals surface area contributed by atoms with Gasteiger partial charge in [-0.3, -0.25) is 4.79 Å². The molecule has 1 aromatic carbocycles.